The van der Waals surface area contributed by atoms with Gasteiger partial charge in [0, 0.05) is 25.0 Å². The van der Waals surface area contributed by atoms with Gasteiger partial charge in [-0.05, 0) is 30.4 Å². The summed E-state index contributed by atoms with van der Waals surface area (Å²) in [6, 6.07) is 10.6. The van der Waals surface area contributed by atoms with Crippen LogP contribution in [0.1, 0.15) is 36.4 Å². The Morgan fingerprint density at radius 1 is 1.30 bits per heavy atom. The van der Waals surface area contributed by atoms with E-state index in [9.17, 15) is 4.79 Å². The maximum atomic E-state index is 12.0. The van der Waals surface area contributed by atoms with Crippen molar-refractivity contribution in [2.45, 2.75) is 31.2 Å². The Labute approximate surface area is 190 Å². The molecule has 2 aromatic rings. The van der Waals surface area contributed by atoms with Crippen molar-refractivity contribution in [3.63, 3.8) is 0 Å². The van der Waals surface area contributed by atoms with Crippen LogP contribution in [-0.2, 0) is 4.79 Å². The maximum Gasteiger partial charge on any atom is 0.233 e. The van der Waals surface area contributed by atoms with E-state index >= 15 is 0 Å². The van der Waals surface area contributed by atoms with Crippen LogP contribution < -0.4 is 5.32 Å². The third-order valence-corrected chi connectivity index (χ3v) is 6.33. The molecular weight excluding hydrogens is 464 g/mol. The van der Waals surface area contributed by atoms with Crippen molar-refractivity contribution >= 4 is 45.0 Å². The van der Waals surface area contributed by atoms with Gasteiger partial charge < -0.3 is 10.2 Å². The molecule has 1 amide bonds. The molecule has 0 radical (unpaired) electrons. The Hall–Kier alpha value is -2.18. The third-order valence-electron chi connectivity index (χ3n) is 5.58. The molecule has 1 aliphatic heterocycles. The number of aromatic nitrogens is 2. The van der Waals surface area contributed by atoms with Crippen molar-refractivity contribution in [3.05, 3.63) is 71.0 Å². The zero-order valence-electron chi connectivity index (χ0n) is 16.6. The molecule has 0 saturated carbocycles. The number of amides is 1. The number of carbonyl (C=O) groups excluding carboxylic acids is 1. The average molecular weight is 488 g/mol. The molecule has 1 fully saturated rings. The van der Waals surface area contributed by atoms with Crippen molar-refractivity contribution in [3.8, 4) is 0 Å². The number of piperidine rings is 1. The minimum absolute atomic E-state index is 0.116. The topological polar surface area (TPSA) is 58.1 Å². The van der Waals surface area contributed by atoms with Crippen LogP contribution in [0.4, 0.5) is 5.95 Å². The molecule has 2 heterocycles. The lowest BCUT2D eigenvalue weighted by Gasteiger charge is -2.33. The summed E-state index contributed by atoms with van der Waals surface area (Å²) in [5.41, 5.74) is 3.15. The summed E-state index contributed by atoms with van der Waals surface area (Å²) in [6.45, 7) is 1.46. The highest BCUT2D eigenvalue weighted by Gasteiger charge is 2.24. The summed E-state index contributed by atoms with van der Waals surface area (Å²) in [4.78, 5) is 23.0. The predicted octanol–water partition coefficient (Wildman–Crippen LogP) is 5.05. The molecule has 0 bridgehead atoms. The van der Waals surface area contributed by atoms with Crippen LogP contribution in [0, 0.1) is 0 Å². The number of rotatable bonds is 5. The molecule has 30 heavy (non-hydrogen) atoms. The summed E-state index contributed by atoms with van der Waals surface area (Å²) < 4.78 is 0. The fraction of sp³-hybridized carbons (Fsp3) is 0.348. The fourth-order valence-electron chi connectivity index (χ4n) is 4.03. The van der Waals surface area contributed by atoms with Crippen LogP contribution in [-0.4, -0.2) is 45.2 Å². The molecule has 156 valence electrons. The van der Waals surface area contributed by atoms with Crippen LogP contribution in [0.15, 0.2) is 54.8 Å². The number of hydrogen-bond donors (Lipinski definition) is 1. The molecule has 1 aromatic heterocycles. The minimum Gasteiger partial charge on any atom is -0.350 e. The highest BCUT2D eigenvalue weighted by atomic mass is 79.9. The lowest BCUT2D eigenvalue weighted by Crippen LogP contribution is -2.45. The van der Waals surface area contributed by atoms with Crippen molar-refractivity contribution in [1.82, 2.24) is 14.9 Å². The molecular formula is C23H24BrClN4O. The molecule has 2 atom stereocenters. The van der Waals surface area contributed by atoms with E-state index in [1.165, 1.54) is 5.56 Å². The molecule has 1 aliphatic carbocycles. The van der Waals surface area contributed by atoms with Gasteiger partial charge in [0.15, 0.2) is 0 Å². The molecule has 4 rings (SSSR count). The molecule has 1 unspecified atom stereocenters. The number of alkyl halides is 1. The number of nitrogens with one attached hydrogen (secondary N) is 1. The highest BCUT2D eigenvalue weighted by Crippen LogP contribution is 2.35. The standard InChI is InChI=1S/C23H24BrClN4O/c24-13-21(30)29-11-5-10-19(15-29)27-23-26-14-20(25)22(28-23)18-9-4-8-17(12-18)16-6-2-1-3-7-16/h1-4,6-9,14,17,19H,5,10-13,15H2,(H,26,27,28)/t17?,19-/m0/s1. The van der Waals surface area contributed by atoms with Crippen LogP contribution in [0.25, 0.3) is 5.57 Å². The van der Waals surface area contributed by atoms with E-state index in [2.05, 4.69) is 68.7 Å². The van der Waals surface area contributed by atoms with Gasteiger partial charge in [-0.15, -0.1) is 0 Å². The first-order chi connectivity index (χ1) is 14.6. The minimum atomic E-state index is 0.116. The van der Waals surface area contributed by atoms with Gasteiger partial charge in [-0.3, -0.25) is 4.79 Å². The lowest BCUT2D eigenvalue weighted by atomic mass is 9.87. The van der Waals surface area contributed by atoms with Gasteiger partial charge in [0.25, 0.3) is 0 Å². The van der Waals surface area contributed by atoms with Gasteiger partial charge in [0.05, 0.1) is 22.2 Å². The first-order valence-electron chi connectivity index (χ1n) is 10.2. The molecule has 5 nitrogen and oxygen atoms in total. The maximum absolute atomic E-state index is 12.0. The quantitative estimate of drug-likeness (QED) is 0.599. The first kappa shape index (κ1) is 21.1. The van der Waals surface area contributed by atoms with Gasteiger partial charge >= 0.3 is 0 Å². The van der Waals surface area contributed by atoms with Gasteiger partial charge in [0.1, 0.15) is 0 Å². The Morgan fingerprint density at radius 2 is 2.13 bits per heavy atom. The molecule has 1 N–H and O–H groups in total. The molecule has 2 aliphatic rings. The Balaban J connectivity index is 1.49. The Kier molecular flexibility index (Phi) is 6.85. The number of likely N-dealkylation sites (tertiary alicyclic amines) is 1. The summed E-state index contributed by atoms with van der Waals surface area (Å²) in [7, 11) is 0. The molecule has 7 heteroatoms. The number of hydrogen-bond acceptors (Lipinski definition) is 4. The van der Waals surface area contributed by atoms with Gasteiger partial charge in [-0.1, -0.05) is 76.1 Å². The van der Waals surface area contributed by atoms with Crippen molar-refractivity contribution < 1.29 is 4.79 Å². The predicted molar refractivity (Wildman–Crippen MR) is 125 cm³/mol. The summed E-state index contributed by atoms with van der Waals surface area (Å²) in [6.07, 6.45) is 10.8. The second-order valence-corrected chi connectivity index (χ2v) is 8.61. The normalized spacial score (nSPS) is 21.3. The van der Waals surface area contributed by atoms with E-state index in [4.69, 9.17) is 16.6 Å². The van der Waals surface area contributed by atoms with Crippen molar-refractivity contribution in [2.75, 3.05) is 23.7 Å². The van der Waals surface area contributed by atoms with E-state index in [1.807, 2.05) is 11.0 Å². The lowest BCUT2D eigenvalue weighted by molar-refractivity contribution is -0.129. The molecule has 1 saturated heterocycles. The zero-order valence-corrected chi connectivity index (χ0v) is 18.9. The van der Waals surface area contributed by atoms with Gasteiger partial charge in [-0.25, -0.2) is 9.97 Å². The number of carbonyl (C=O) groups is 1. The largest absolute Gasteiger partial charge is 0.350 e. The van der Waals surface area contributed by atoms with E-state index in [-0.39, 0.29) is 11.9 Å². The molecule has 0 spiro atoms. The second kappa shape index (κ2) is 9.75. The van der Waals surface area contributed by atoms with Crippen LogP contribution in [0.5, 0.6) is 0 Å². The van der Waals surface area contributed by atoms with E-state index in [0.717, 1.165) is 37.1 Å². The SMILES string of the molecule is O=C(CBr)N1CCC[C@H](Nc2ncc(Cl)c(C3=CC=CC(c4ccccc4)C3)n2)C1. The van der Waals surface area contributed by atoms with E-state index < -0.39 is 0 Å². The Morgan fingerprint density at radius 3 is 2.93 bits per heavy atom. The highest BCUT2D eigenvalue weighted by molar-refractivity contribution is 9.09. The summed E-state index contributed by atoms with van der Waals surface area (Å²) in [5, 5.41) is 4.31. The second-order valence-electron chi connectivity index (χ2n) is 7.65. The number of allylic oxidation sites excluding steroid dienone is 4. The zero-order chi connectivity index (χ0) is 20.9. The van der Waals surface area contributed by atoms with Crippen LogP contribution >= 0.6 is 27.5 Å². The van der Waals surface area contributed by atoms with Gasteiger partial charge in [-0.2, -0.15) is 0 Å². The van der Waals surface area contributed by atoms with Crippen LogP contribution in [0.2, 0.25) is 5.02 Å². The number of benzene rings is 1. The average Bonchev–Trinajstić information content (AvgIpc) is 2.80. The van der Waals surface area contributed by atoms with Crippen molar-refractivity contribution in [1.29, 1.82) is 0 Å². The number of halogens is 2. The van der Waals surface area contributed by atoms with Gasteiger partial charge in [0.2, 0.25) is 11.9 Å². The van der Waals surface area contributed by atoms with Crippen LogP contribution in [0.3, 0.4) is 0 Å². The first-order valence-corrected chi connectivity index (χ1v) is 11.7. The smallest absolute Gasteiger partial charge is 0.233 e. The number of anilines is 1. The Bertz CT molecular complexity index is 963. The van der Waals surface area contributed by atoms with Crippen molar-refractivity contribution in [2.24, 2.45) is 0 Å². The molecule has 1 aromatic carbocycles. The van der Waals surface area contributed by atoms with E-state index in [1.54, 1.807) is 6.20 Å². The third kappa shape index (κ3) is 4.93. The van der Waals surface area contributed by atoms with E-state index in [0.29, 0.717) is 28.8 Å². The summed E-state index contributed by atoms with van der Waals surface area (Å²) >= 11 is 9.73. The summed E-state index contributed by atoms with van der Waals surface area (Å²) in [5.74, 6) is 0.973. The number of nitrogens with zero attached hydrogens (tertiary/aromatic N) is 3. The monoisotopic (exact) mass is 486 g/mol. The fourth-order valence-corrected chi connectivity index (χ4v) is 4.60.